The number of aromatic nitrogens is 1. The molecule has 1 aliphatic rings. The van der Waals surface area contributed by atoms with Crippen molar-refractivity contribution in [2.75, 3.05) is 18.1 Å². The van der Waals surface area contributed by atoms with Gasteiger partial charge in [-0.3, -0.25) is 0 Å². The van der Waals surface area contributed by atoms with Crippen molar-refractivity contribution in [3.8, 4) is 0 Å². The third kappa shape index (κ3) is 2.49. The van der Waals surface area contributed by atoms with Gasteiger partial charge in [-0.05, 0) is 25.0 Å². The van der Waals surface area contributed by atoms with E-state index in [0.29, 0.717) is 0 Å². The van der Waals surface area contributed by atoms with Gasteiger partial charge in [0.15, 0.2) is 0 Å². The van der Waals surface area contributed by atoms with Crippen LogP contribution in [-0.2, 0) is 0 Å². The predicted molar refractivity (Wildman–Crippen MR) is 60.4 cm³/mol. The molecule has 86 valence electrons. The van der Waals surface area contributed by atoms with Crippen molar-refractivity contribution < 1.29 is 9.90 Å². The number of carbonyl (C=O) groups is 1. The first kappa shape index (κ1) is 10.9. The maximum Gasteiger partial charge on any atom is 0.354 e. The zero-order chi connectivity index (χ0) is 11.4. The minimum Gasteiger partial charge on any atom is -0.477 e. The van der Waals surface area contributed by atoms with Crippen molar-refractivity contribution in [3.05, 3.63) is 24.0 Å². The Labute approximate surface area is 94.1 Å². The van der Waals surface area contributed by atoms with Gasteiger partial charge in [0.2, 0.25) is 0 Å². The molecule has 5 heteroatoms. The number of hydrogen-bond acceptors (Lipinski definition) is 4. The van der Waals surface area contributed by atoms with Gasteiger partial charge < -0.3 is 10.1 Å². The second-order valence-electron chi connectivity index (χ2n) is 3.82. The van der Waals surface area contributed by atoms with Gasteiger partial charge in [0.25, 0.3) is 0 Å². The second kappa shape index (κ2) is 4.94. The lowest BCUT2D eigenvalue weighted by atomic mass is 10.2. The minimum absolute atomic E-state index is 0.0866. The van der Waals surface area contributed by atoms with Gasteiger partial charge in [0.1, 0.15) is 5.69 Å². The summed E-state index contributed by atoms with van der Waals surface area (Å²) < 4.78 is 0. The van der Waals surface area contributed by atoms with Crippen molar-refractivity contribution in [1.82, 2.24) is 10.4 Å². The van der Waals surface area contributed by atoms with E-state index in [2.05, 4.69) is 10.4 Å². The molecule has 0 atom stereocenters. The molecule has 0 amide bonds. The van der Waals surface area contributed by atoms with E-state index in [0.717, 1.165) is 31.6 Å². The maximum atomic E-state index is 10.8. The van der Waals surface area contributed by atoms with Crippen molar-refractivity contribution in [1.29, 1.82) is 0 Å². The maximum absolute atomic E-state index is 10.8. The van der Waals surface area contributed by atoms with Crippen LogP contribution in [-0.4, -0.2) is 29.1 Å². The molecule has 0 unspecified atom stereocenters. The Hall–Kier alpha value is -1.62. The monoisotopic (exact) mass is 221 g/mol. The molecule has 16 heavy (non-hydrogen) atoms. The Morgan fingerprint density at radius 3 is 3.12 bits per heavy atom. The number of carboxylic acid groups (broad SMARTS) is 1. The fourth-order valence-corrected chi connectivity index (χ4v) is 1.79. The number of hydrazine groups is 1. The van der Waals surface area contributed by atoms with Gasteiger partial charge in [0, 0.05) is 19.3 Å². The molecule has 1 aliphatic heterocycles. The largest absolute Gasteiger partial charge is 0.477 e. The number of nitrogens with one attached hydrogen (secondary N) is 1. The highest BCUT2D eigenvalue weighted by Crippen LogP contribution is 2.15. The summed E-state index contributed by atoms with van der Waals surface area (Å²) in [4.78, 5) is 14.6. The lowest BCUT2D eigenvalue weighted by Crippen LogP contribution is -2.37. The van der Waals surface area contributed by atoms with Gasteiger partial charge in [-0.15, -0.1) is 0 Å². The SMILES string of the molecule is O=C(O)c1cc(N2CCCCCN2)ccn1. The minimum atomic E-state index is -0.989. The van der Waals surface area contributed by atoms with E-state index in [4.69, 9.17) is 5.11 Å². The highest BCUT2D eigenvalue weighted by molar-refractivity contribution is 5.86. The predicted octanol–water partition coefficient (Wildman–Crippen LogP) is 1.27. The molecule has 1 fully saturated rings. The molecule has 5 nitrogen and oxygen atoms in total. The molecule has 1 aromatic rings. The molecule has 0 radical (unpaired) electrons. The smallest absolute Gasteiger partial charge is 0.354 e. The lowest BCUT2D eigenvalue weighted by molar-refractivity contribution is 0.0690. The van der Waals surface area contributed by atoms with Gasteiger partial charge in [0.05, 0.1) is 5.69 Å². The van der Waals surface area contributed by atoms with Crippen molar-refractivity contribution in [2.24, 2.45) is 0 Å². The first-order chi connectivity index (χ1) is 7.77. The molecule has 0 aliphatic carbocycles. The van der Waals surface area contributed by atoms with Crippen LogP contribution in [0.4, 0.5) is 5.69 Å². The third-order valence-corrected chi connectivity index (χ3v) is 2.64. The van der Waals surface area contributed by atoms with E-state index >= 15 is 0 Å². The van der Waals surface area contributed by atoms with E-state index in [1.54, 1.807) is 6.07 Å². The Morgan fingerprint density at radius 1 is 1.44 bits per heavy atom. The van der Waals surface area contributed by atoms with Crippen LogP contribution < -0.4 is 10.4 Å². The summed E-state index contributed by atoms with van der Waals surface area (Å²) >= 11 is 0. The molecule has 2 N–H and O–H groups in total. The molecule has 1 aromatic heterocycles. The molecule has 1 saturated heterocycles. The summed E-state index contributed by atoms with van der Waals surface area (Å²) in [5.74, 6) is -0.989. The Bertz CT molecular complexity index is 373. The summed E-state index contributed by atoms with van der Waals surface area (Å²) in [6.45, 7) is 1.84. The topological polar surface area (TPSA) is 65.5 Å². The van der Waals surface area contributed by atoms with E-state index in [-0.39, 0.29) is 5.69 Å². The van der Waals surface area contributed by atoms with Crippen LogP contribution in [0, 0.1) is 0 Å². The van der Waals surface area contributed by atoms with E-state index in [1.807, 2.05) is 11.1 Å². The van der Waals surface area contributed by atoms with Crippen LogP contribution in [0.2, 0.25) is 0 Å². The average Bonchev–Trinajstić information content (AvgIpc) is 2.57. The van der Waals surface area contributed by atoms with Gasteiger partial charge >= 0.3 is 5.97 Å². The van der Waals surface area contributed by atoms with E-state index < -0.39 is 5.97 Å². The first-order valence-electron chi connectivity index (χ1n) is 5.48. The molecule has 2 rings (SSSR count). The molecule has 0 saturated carbocycles. The normalized spacial score (nSPS) is 16.9. The van der Waals surface area contributed by atoms with Gasteiger partial charge in [-0.2, -0.15) is 0 Å². The average molecular weight is 221 g/mol. The van der Waals surface area contributed by atoms with Gasteiger partial charge in [-0.25, -0.2) is 15.2 Å². The van der Waals surface area contributed by atoms with Crippen molar-refractivity contribution in [2.45, 2.75) is 19.3 Å². The fourth-order valence-electron chi connectivity index (χ4n) is 1.79. The zero-order valence-corrected chi connectivity index (χ0v) is 9.02. The number of hydrogen-bond donors (Lipinski definition) is 2. The molecule has 0 aromatic carbocycles. The molecule has 2 heterocycles. The first-order valence-corrected chi connectivity index (χ1v) is 5.48. The standard InChI is InChI=1S/C11H15N3O2/c15-11(16)10-8-9(4-6-12-10)14-7-3-1-2-5-13-14/h4,6,8,13H,1-3,5,7H2,(H,15,16). The lowest BCUT2D eigenvalue weighted by Gasteiger charge is -2.23. The molecule has 0 bridgehead atoms. The molecular weight excluding hydrogens is 206 g/mol. The third-order valence-electron chi connectivity index (χ3n) is 2.64. The van der Waals surface area contributed by atoms with Crippen molar-refractivity contribution in [3.63, 3.8) is 0 Å². The van der Waals surface area contributed by atoms with Crippen molar-refractivity contribution >= 4 is 11.7 Å². The summed E-state index contributed by atoms with van der Waals surface area (Å²) in [5.41, 5.74) is 4.23. The number of aromatic carboxylic acids is 1. The second-order valence-corrected chi connectivity index (χ2v) is 3.82. The zero-order valence-electron chi connectivity index (χ0n) is 9.02. The number of anilines is 1. The molecule has 0 spiro atoms. The number of pyridine rings is 1. The van der Waals surface area contributed by atoms with E-state index in [9.17, 15) is 4.79 Å². The Morgan fingerprint density at radius 2 is 2.31 bits per heavy atom. The fraction of sp³-hybridized carbons (Fsp3) is 0.455. The number of nitrogens with zero attached hydrogens (tertiary/aromatic N) is 2. The Balaban J connectivity index is 2.18. The Kier molecular flexibility index (Phi) is 3.36. The molecular formula is C11H15N3O2. The van der Waals surface area contributed by atoms with Crippen LogP contribution in [0.1, 0.15) is 29.8 Å². The van der Waals surface area contributed by atoms with Crippen LogP contribution in [0.3, 0.4) is 0 Å². The number of carboxylic acids is 1. The number of rotatable bonds is 2. The van der Waals surface area contributed by atoms with Crippen LogP contribution >= 0.6 is 0 Å². The van der Waals surface area contributed by atoms with Crippen LogP contribution in [0.5, 0.6) is 0 Å². The summed E-state index contributed by atoms with van der Waals surface area (Å²) in [6, 6.07) is 3.42. The summed E-state index contributed by atoms with van der Waals surface area (Å²) in [5, 5.41) is 10.9. The van der Waals surface area contributed by atoms with Crippen LogP contribution in [0.15, 0.2) is 18.3 Å². The van der Waals surface area contributed by atoms with Crippen LogP contribution in [0.25, 0.3) is 0 Å². The highest BCUT2D eigenvalue weighted by atomic mass is 16.4. The van der Waals surface area contributed by atoms with E-state index in [1.165, 1.54) is 12.6 Å². The van der Waals surface area contributed by atoms with Gasteiger partial charge in [-0.1, -0.05) is 6.42 Å². The quantitative estimate of drug-likeness (QED) is 0.787. The highest BCUT2D eigenvalue weighted by Gasteiger charge is 2.12. The summed E-state index contributed by atoms with van der Waals surface area (Å²) in [7, 11) is 0. The summed E-state index contributed by atoms with van der Waals surface area (Å²) in [6.07, 6.45) is 5.02.